The molecule has 6 heteroatoms. The molecule has 0 amide bonds. The third kappa shape index (κ3) is 2.86. The van der Waals surface area contributed by atoms with Crippen molar-refractivity contribution in [3.05, 3.63) is 50.8 Å². The van der Waals surface area contributed by atoms with E-state index in [1.54, 1.807) is 19.1 Å². The van der Waals surface area contributed by atoms with Crippen molar-refractivity contribution in [3.8, 4) is 0 Å². The van der Waals surface area contributed by atoms with Gasteiger partial charge in [0, 0.05) is 5.69 Å². The zero-order valence-electron chi connectivity index (χ0n) is 10.6. The lowest BCUT2D eigenvalue weighted by molar-refractivity contribution is -0.118. The molecule has 104 valence electrons. The first-order valence-corrected chi connectivity index (χ1v) is 7.48. The van der Waals surface area contributed by atoms with Gasteiger partial charge < -0.3 is 10.1 Å². The standard InChI is InChI=1S/C14H11Br2NO3/c1-2-20-14-10(16)12(18)11(9(15)13(14)19)17-8-6-4-3-5-7-8/h3-7,17H,2H2,1H3. The highest BCUT2D eigenvalue weighted by Crippen LogP contribution is 2.32. The maximum Gasteiger partial charge on any atom is 0.238 e. The van der Waals surface area contributed by atoms with Gasteiger partial charge in [-0.1, -0.05) is 18.2 Å². The molecular weight excluding hydrogens is 390 g/mol. The number of Topliss-reactive ketones (excluding diaryl/α,β-unsaturated/α-hetero) is 2. The number of carbonyl (C=O) groups is 2. The second-order valence-electron chi connectivity index (χ2n) is 3.91. The van der Waals surface area contributed by atoms with Crippen molar-refractivity contribution >= 4 is 49.1 Å². The smallest absolute Gasteiger partial charge is 0.238 e. The molecule has 20 heavy (non-hydrogen) atoms. The lowest BCUT2D eigenvalue weighted by Gasteiger charge is -2.19. The summed E-state index contributed by atoms with van der Waals surface area (Å²) < 4.78 is 5.51. The highest BCUT2D eigenvalue weighted by atomic mass is 79.9. The summed E-state index contributed by atoms with van der Waals surface area (Å²) in [4.78, 5) is 24.4. The highest BCUT2D eigenvalue weighted by molar-refractivity contribution is 9.12. The van der Waals surface area contributed by atoms with Crippen LogP contribution in [0.1, 0.15) is 6.92 Å². The third-order valence-corrected chi connectivity index (χ3v) is 4.06. The van der Waals surface area contributed by atoms with Crippen molar-refractivity contribution in [1.29, 1.82) is 0 Å². The minimum atomic E-state index is -0.364. The number of allylic oxidation sites excluding steroid dienone is 2. The van der Waals surface area contributed by atoms with Gasteiger partial charge in [0.2, 0.25) is 11.6 Å². The maximum absolute atomic E-state index is 12.3. The number of rotatable bonds is 4. The maximum atomic E-state index is 12.3. The van der Waals surface area contributed by atoms with Crippen LogP contribution in [-0.4, -0.2) is 18.2 Å². The number of halogens is 2. The minimum absolute atomic E-state index is 0.0305. The van der Waals surface area contributed by atoms with Crippen molar-refractivity contribution in [1.82, 2.24) is 0 Å². The summed E-state index contributed by atoms with van der Waals surface area (Å²) in [6.45, 7) is 2.06. The fourth-order valence-electron chi connectivity index (χ4n) is 1.68. The zero-order valence-corrected chi connectivity index (χ0v) is 13.7. The molecule has 0 bridgehead atoms. The van der Waals surface area contributed by atoms with Gasteiger partial charge in [0.1, 0.15) is 10.2 Å². The predicted molar refractivity (Wildman–Crippen MR) is 83.6 cm³/mol. The van der Waals surface area contributed by atoms with Crippen LogP contribution in [0.2, 0.25) is 0 Å². The molecule has 0 spiro atoms. The molecule has 1 aromatic rings. The van der Waals surface area contributed by atoms with Gasteiger partial charge in [-0.3, -0.25) is 9.59 Å². The van der Waals surface area contributed by atoms with Crippen LogP contribution in [0.4, 0.5) is 5.69 Å². The minimum Gasteiger partial charge on any atom is -0.488 e. The summed E-state index contributed by atoms with van der Waals surface area (Å²) in [5, 5.41) is 2.95. The second-order valence-corrected chi connectivity index (χ2v) is 5.50. The summed E-state index contributed by atoms with van der Waals surface area (Å²) >= 11 is 6.30. The fraction of sp³-hybridized carbons (Fsp3) is 0.143. The molecule has 1 aliphatic carbocycles. The Bertz CT molecular complexity index is 621. The third-order valence-electron chi connectivity index (χ3n) is 2.58. The van der Waals surface area contributed by atoms with E-state index in [0.717, 1.165) is 5.69 Å². The quantitative estimate of drug-likeness (QED) is 0.786. The van der Waals surface area contributed by atoms with Crippen LogP contribution in [0.3, 0.4) is 0 Å². The van der Waals surface area contributed by atoms with Crippen LogP contribution < -0.4 is 5.32 Å². The molecule has 0 aromatic heterocycles. The van der Waals surface area contributed by atoms with Gasteiger partial charge in [-0.2, -0.15) is 0 Å². The van der Waals surface area contributed by atoms with Gasteiger partial charge in [-0.15, -0.1) is 0 Å². The number of hydrogen-bond acceptors (Lipinski definition) is 4. The van der Waals surface area contributed by atoms with Crippen LogP contribution in [0.15, 0.2) is 50.8 Å². The topological polar surface area (TPSA) is 55.4 Å². The Balaban J connectivity index is 2.36. The molecule has 0 unspecified atom stereocenters. The number of ketones is 2. The zero-order chi connectivity index (χ0) is 14.7. The van der Waals surface area contributed by atoms with Crippen molar-refractivity contribution in [2.24, 2.45) is 0 Å². The first-order valence-electron chi connectivity index (χ1n) is 5.90. The summed E-state index contributed by atoms with van der Waals surface area (Å²) in [6, 6.07) is 9.15. The molecule has 0 aliphatic heterocycles. The van der Waals surface area contributed by atoms with Crippen molar-refractivity contribution in [2.75, 3.05) is 11.9 Å². The molecule has 1 aromatic carbocycles. The fourth-order valence-corrected chi connectivity index (χ4v) is 2.63. The van der Waals surface area contributed by atoms with Crippen molar-refractivity contribution < 1.29 is 14.3 Å². The SMILES string of the molecule is CCOC1=C(Br)C(=O)C(Nc2ccccc2)=C(Br)C1=O. The van der Waals surface area contributed by atoms with E-state index in [4.69, 9.17) is 4.74 Å². The highest BCUT2D eigenvalue weighted by Gasteiger charge is 2.33. The van der Waals surface area contributed by atoms with Crippen molar-refractivity contribution in [2.45, 2.75) is 6.92 Å². The predicted octanol–water partition coefficient (Wildman–Crippen LogP) is 3.50. The van der Waals surface area contributed by atoms with E-state index in [1.807, 2.05) is 18.2 Å². The normalized spacial score (nSPS) is 15.8. The summed E-state index contributed by atoms with van der Waals surface area (Å²) in [7, 11) is 0. The molecule has 0 radical (unpaired) electrons. The van der Waals surface area contributed by atoms with E-state index < -0.39 is 0 Å². The molecule has 0 heterocycles. The Morgan fingerprint density at radius 1 is 1.05 bits per heavy atom. The number of ether oxygens (including phenoxy) is 1. The monoisotopic (exact) mass is 399 g/mol. The van der Waals surface area contributed by atoms with E-state index in [9.17, 15) is 9.59 Å². The molecule has 0 atom stereocenters. The number of nitrogens with one attached hydrogen (secondary N) is 1. The average Bonchev–Trinajstić information content (AvgIpc) is 2.47. The molecule has 1 aliphatic rings. The van der Waals surface area contributed by atoms with Gasteiger partial charge in [0.15, 0.2) is 5.76 Å². The van der Waals surface area contributed by atoms with E-state index in [-0.39, 0.29) is 32.0 Å². The lowest BCUT2D eigenvalue weighted by Crippen LogP contribution is -2.25. The first-order chi connectivity index (χ1) is 9.56. The lowest BCUT2D eigenvalue weighted by atomic mass is 10.1. The van der Waals surface area contributed by atoms with E-state index in [0.29, 0.717) is 6.61 Å². The van der Waals surface area contributed by atoms with Crippen LogP contribution in [0.5, 0.6) is 0 Å². The summed E-state index contributed by atoms with van der Waals surface area (Å²) in [5.74, 6) is -0.663. The number of para-hydroxylation sites is 1. The van der Waals surface area contributed by atoms with Crippen LogP contribution in [0, 0.1) is 0 Å². The Morgan fingerprint density at radius 2 is 1.70 bits per heavy atom. The van der Waals surface area contributed by atoms with Crippen molar-refractivity contribution in [3.63, 3.8) is 0 Å². The van der Waals surface area contributed by atoms with E-state index in [1.165, 1.54) is 0 Å². The molecule has 1 N–H and O–H groups in total. The summed E-state index contributed by atoms with van der Waals surface area (Å²) in [5.41, 5.74) is 0.914. The number of anilines is 1. The number of carbonyl (C=O) groups excluding carboxylic acids is 2. The Hall–Kier alpha value is -1.40. The van der Waals surface area contributed by atoms with Gasteiger partial charge >= 0.3 is 0 Å². The second kappa shape index (κ2) is 6.37. The first kappa shape index (κ1) is 15.0. The van der Waals surface area contributed by atoms with E-state index in [2.05, 4.69) is 37.2 Å². The van der Waals surface area contributed by atoms with Gasteiger partial charge in [-0.05, 0) is 50.9 Å². The van der Waals surface area contributed by atoms with Gasteiger partial charge in [-0.25, -0.2) is 0 Å². The summed E-state index contributed by atoms with van der Waals surface area (Å²) in [6.07, 6.45) is 0. The average molecular weight is 401 g/mol. The molecule has 0 saturated carbocycles. The van der Waals surface area contributed by atoms with E-state index >= 15 is 0 Å². The largest absolute Gasteiger partial charge is 0.488 e. The van der Waals surface area contributed by atoms with Crippen LogP contribution >= 0.6 is 31.9 Å². The Kier molecular flexibility index (Phi) is 4.77. The molecular formula is C14H11Br2NO3. The van der Waals surface area contributed by atoms with Crippen LogP contribution in [-0.2, 0) is 14.3 Å². The van der Waals surface area contributed by atoms with Gasteiger partial charge in [0.05, 0.1) is 11.1 Å². The molecule has 2 rings (SSSR count). The Labute approximate surface area is 133 Å². The number of benzene rings is 1. The molecule has 0 fully saturated rings. The van der Waals surface area contributed by atoms with Crippen LogP contribution in [0.25, 0.3) is 0 Å². The molecule has 0 saturated heterocycles. The Morgan fingerprint density at radius 3 is 2.30 bits per heavy atom. The molecule has 4 nitrogen and oxygen atoms in total. The van der Waals surface area contributed by atoms with Gasteiger partial charge in [0.25, 0.3) is 0 Å². The number of hydrogen-bond donors (Lipinski definition) is 1.